The van der Waals surface area contributed by atoms with Crippen LogP contribution in [0.15, 0.2) is 12.1 Å². The lowest BCUT2D eigenvalue weighted by Crippen LogP contribution is -2.43. The molecule has 1 aliphatic rings. The lowest BCUT2D eigenvalue weighted by Gasteiger charge is -2.25. The molecule has 0 saturated carbocycles. The normalized spacial score (nSPS) is 21.6. The lowest BCUT2D eigenvalue weighted by molar-refractivity contribution is -0.380. The van der Waals surface area contributed by atoms with Crippen molar-refractivity contribution < 1.29 is 24.4 Å². The Bertz CT molecular complexity index is 557. The van der Waals surface area contributed by atoms with Crippen LogP contribution in [0.5, 0.6) is 0 Å². The molecular weight excluding hydrogens is 288 g/mol. The maximum atomic E-state index is 12.2. The van der Waals surface area contributed by atoms with Gasteiger partial charge in [0.2, 0.25) is 0 Å². The number of hydrogen-bond donors (Lipinski definition) is 1. The van der Waals surface area contributed by atoms with E-state index in [1.54, 1.807) is 0 Å². The lowest BCUT2D eigenvalue weighted by atomic mass is 10.0. The van der Waals surface area contributed by atoms with Gasteiger partial charge < -0.3 is 14.7 Å². The number of amides is 1. The fraction of sp³-hybridized carbons (Fsp3) is 0.455. The van der Waals surface area contributed by atoms with Crippen molar-refractivity contribution in [2.45, 2.75) is 6.04 Å². The van der Waals surface area contributed by atoms with Crippen molar-refractivity contribution in [3.8, 4) is 0 Å². The summed E-state index contributed by atoms with van der Waals surface area (Å²) in [5, 5.41) is 19.5. The molecule has 0 aromatic carbocycles. The Labute approximate surface area is 117 Å². The molecule has 1 fully saturated rings. The number of aliphatic carboxylic acids is 1. The molecule has 1 N–H and O–H groups in total. The molecular formula is C11H12N2O6S. The number of likely N-dealkylation sites (N-methyl/N-ethyl adjacent to an activating group) is 1. The number of thiophene rings is 1. The molecule has 108 valence electrons. The topological polar surface area (TPSA) is 110 Å². The second-order valence-electron chi connectivity index (χ2n) is 4.36. The van der Waals surface area contributed by atoms with Crippen LogP contribution < -0.4 is 0 Å². The Kier molecular flexibility index (Phi) is 4.00. The van der Waals surface area contributed by atoms with Gasteiger partial charge in [-0.1, -0.05) is 11.3 Å². The summed E-state index contributed by atoms with van der Waals surface area (Å²) in [6.45, 7) is 0.203. The van der Waals surface area contributed by atoms with Crippen LogP contribution in [0.2, 0.25) is 0 Å². The molecule has 1 saturated heterocycles. The number of carboxylic acid groups (broad SMARTS) is 1. The average molecular weight is 300 g/mol. The molecule has 2 heterocycles. The summed E-state index contributed by atoms with van der Waals surface area (Å²) >= 11 is 0.767. The second kappa shape index (κ2) is 5.55. The van der Waals surface area contributed by atoms with Gasteiger partial charge in [-0.3, -0.25) is 19.7 Å². The third kappa shape index (κ3) is 2.63. The van der Waals surface area contributed by atoms with Gasteiger partial charge in [0.15, 0.2) is 0 Å². The van der Waals surface area contributed by atoms with E-state index >= 15 is 0 Å². The maximum Gasteiger partial charge on any atom is 0.324 e. The number of ether oxygens (including phenoxy) is 1. The molecule has 9 heteroatoms. The number of carbonyl (C=O) groups excluding carboxylic acids is 1. The van der Waals surface area contributed by atoms with Crippen LogP contribution >= 0.6 is 11.3 Å². The van der Waals surface area contributed by atoms with Crippen LogP contribution in [0, 0.1) is 16.0 Å². The third-order valence-electron chi connectivity index (χ3n) is 3.17. The summed E-state index contributed by atoms with van der Waals surface area (Å²) in [6.07, 6.45) is 0. The van der Waals surface area contributed by atoms with Gasteiger partial charge in [0, 0.05) is 13.1 Å². The Morgan fingerprint density at radius 3 is 2.75 bits per heavy atom. The van der Waals surface area contributed by atoms with E-state index in [0.29, 0.717) is 0 Å². The first-order chi connectivity index (χ1) is 9.41. The Hall–Kier alpha value is -2.00. The quantitative estimate of drug-likeness (QED) is 0.651. The minimum atomic E-state index is -1.02. The summed E-state index contributed by atoms with van der Waals surface area (Å²) in [5.41, 5.74) is 0. The zero-order valence-corrected chi connectivity index (χ0v) is 11.3. The Morgan fingerprint density at radius 1 is 1.50 bits per heavy atom. The van der Waals surface area contributed by atoms with Crippen LogP contribution in [0.3, 0.4) is 0 Å². The van der Waals surface area contributed by atoms with Gasteiger partial charge in [0.05, 0.1) is 29.1 Å². The number of hydrogen-bond acceptors (Lipinski definition) is 6. The van der Waals surface area contributed by atoms with Gasteiger partial charge in [-0.2, -0.15) is 0 Å². The molecule has 1 aromatic rings. The molecule has 0 radical (unpaired) electrons. The fourth-order valence-corrected chi connectivity index (χ4v) is 2.83. The summed E-state index contributed by atoms with van der Waals surface area (Å²) in [7, 11) is 1.48. The van der Waals surface area contributed by atoms with Crippen molar-refractivity contribution in [3.05, 3.63) is 27.1 Å². The van der Waals surface area contributed by atoms with Crippen molar-refractivity contribution in [1.29, 1.82) is 0 Å². The summed E-state index contributed by atoms with van der Waals surface area (Å²) in [6, 6.07) is 2.06. The van der Waals surface area contributed by atoms with Crippen LogP contribution in [-0.2, 0) is 9.53 Å². The van der Waals surface area contributed by atoms with E-state index in [9.17, 15) is 19.7 Å². The Morgan fingerprint density at radius 2 is 2.20 bits per heavy atom. The fourth-order valence-electron chi connectivity index (χ4n) is 2.03. The zero-order valence-electron chi connectivity index (χ0n) is 10.5. The average Bonchev–Trinajstić information content (AvgIpc) is 3.05. The van der Waals surface area contributed by atoms with E-state index < -0.39 is 28.8 Å². The van der Waals surface area contributed by atoms with Crippen molar-refractivity contribution >= 4 is 28.2 Å². The SMILES string of the molecule is CN(C(=O)c1ccc([N+](=O)[O-])s1)C1COCC1C(=O)O. The highest BCUT2D eigenvalue weighted by Crippen LogP contribution is 2.27. The molecule has 1 aromatic heterocycles. The molecule has 0 bridgehead atoms. The first-order valence-corrected chi connectivity index (χ1v) is 6.55. The second-order valence-corrected chi connectivity index (χ2v) is 5.42. The van der Waals surface area contributed by atoms with Crippen LogP contribution in [0.4, 0.5) is 5.00 Å². The smallest absolute Gasteiger partial charge is 0.324 e. The van der Waals surface area contributed by atoms with Crippen molar-refractivity contribution in [1.82, 2.24) is 4.90 Å². The van der Waals surface area contributed by atoms with E-state index in [1.165, 1.54) is 24.1 Å². The van der Waals surface area contributed by atoms with Gasteiger partial charge in [0.1, 0.15) is 5.92 Å². The minimum Gasteiger partial charge on any atom is -0.481 e. The monoisotopic (exact) mass is 300 g/mol. The van der Waals surface area contributed by atoms with Gasteiger partial charge in [-0.25, -0.2) is 0 Å². The molecule has 2 atom stereocenters. The summed E-state index contributed by atoms with van der Waals surface area (Å²) < 4.78 is 5.10. The van der Waals surface area contributed by atoms with E-state index in [-0.39, 0.29) is 23.1 Å². The number of carboxylic acids is 1. The van der Waals surface area contributed by atoms with Crippen molar-refractivity contribution in [2.24, 2.45) is 5.92 Å². The van der Waals surface area contributed by atoms with E-state index in [1.807, 2.05) is 0 Å². The molecule has 1 amide bonds. The highest BCUT2D eigenvalue weighted by Gasteiger charge is 2.39. The van der Waals surface area contributed by atoms with Crippen LogP contribution in [-0.4, -0.2) is 53.1 Å². The molecule has 1 aliphatic heterocycles. The highest BCUT2D eigenvalue weighted by molar-refractivity contribution is 7.17. The van der Waals surface area contributed by atoms with Crippen molar-refractivity contribution in [2.75, 3.05) is 20.3 Å². The van der Waals surface area contributed by atoms with Crippen LogP contribution in [0.1, 0.15) is 9.67 Å². The molecule has 2 rings (SSSR count). The number of nitrogens with zero attached hydrogens (tertiary/aromatic N) is 2. The van der Waals surface area contributed by atoms with Gasteiger partial charge >= 0.3 is 11.0 Å². The molecule has 0 spiro atoms. The summed E-state index contributed by atoms with van der Waals surface area (Å²) in [5.74, 6) is -2.24. The maximum absolute atomic E-state index is 12.2. The van der Waals surface area contributed by atoms with E-state index in [2.05, 4.69) is 0 Å². The predicted octanol–water partition coefficient (Wildman–Crippen LogP) is 0.828. The highest BCUT2D eigenvalue weighted by atomic mass is 32.1. The van der Waals surface area contributed by atoms with E-state index in [4.69, 9.17) is 9.84 Å². The first kappa shape index (κ1) is 14.4. The van der Waals surface area contributed by atoms with E-state index in [0.717, 1.165) is 11.3 Å². The standard InChI is InChI=1S/C11H12N2O6S/c1-12(7-5-19-4-6(7)11(15)16)10(14)8-2-3-9(20-8)13(17)18/h2-3,6-7H,4-5H2,1H3,(H,15,16). The zero-order chi connectivity index (χ0) is 14.9. The Balaban J connectivity index is 2.15. The van der Waals surface area contributed by atoms with Gasteiger partial charge in [-0.15, -0.1) is 0 Å². The number of nitro groups is 1. The first-order valence-electron chi connectivity index (χ1n) is 5.73. The number of carbonyl (C=O) groups is 2. The molecule has 8 nitrogen and oxygen atoms in total. The molecule has 0 aliphatic carbocycles. The van der Waals surface area contributed by atoms with Crippen LogP contribution in [0.25, 0.3) is 0 Å². The van der Waals surface area contributed by atoms with Crippen molar-refractivity contribution in [3.63, 3.8) is 0 Å². The summed E-state index contributed by atoms with van der Waals surface area (Å²) in [4.78, 5) is 34.8. The molecule has 20 heavy (non-hydrogen) atoms. The predicted molar refractivity (Wildman–Crippen MR) is 68.8 cm³/mol. The molecule has 2 unspecified atom stereocenters. The van der Waals surface area contributed by atoms with Gasteiger partial charge in [-0.05, 0) is 6.07 Å². The third-order valence-corrected chi connectivity index (χ3v) is 4.19. The minimum absolute atomic E-state index is 0.0577. The number of rotatable bonds is 4. The van der Waals surface area contributed by atoms with Gasteiger partial charge in [0.25, 0.3) is 5.91 Å². The largest absolute Gasteiger partial charge is 0.481 e.